The van der Waals surface area contributed by atoms with Crippen molar-refractivity contribution < 1.29 is 34.4 Å². The van der Waals surface area contributed by atoms with Crippen LogP contribution in [0, 0.1) is 11.8 Å². The Bertz CT molecular complexity index is 612. The predicted molar refractivity (Wildman–Crippen MR) is 120 cm³/mol. The number of hydrogen-bond acceptors (Lipinski definition) is 6. The number of aliphatic hydroxyl groups is 2. The lowest BCUT2D eigenvalue weighted by molar-refractivity contribution is -0.141. The highest BCUT2D eigenvalue weighted by atomic mass is 16.6. The van der Waals surface area contributed by atoms with E-state index in [1.165, 1.54) is 6.42 Å². The Morgan fingerprint density at radius 1 is 1.03 bits per heavy atom. The quantitative estimate of drug-likeness (QED) is 0.320. The zero-order valence-corrected chi connectivity index (χ0v) is 20.1. The normalized spacial score (nSPS) is 19.0. The fraction of sp³-hybridized carbons (Fsp3) is 0.870. The average Bonchev–Trinajstić information content (AvgIpc) is 2.65. The van der Waals surface area contributed by atoms with Crippen molar-refractivity contribution in [3.8, 4) is 0 Å². The van der Waals surface area contributed by atoms with Crippen molar-refractivity contribution in [2.75, 3.05) is 0 Å². The maximum Gasteiger partial charge on any atom is 0.408 e. The maximum absolute atomic E-state index is 12.7. The Morgan fingerprint density at radius 2 is 1.62 bits per heavy atom. The number of aliphatic hydroxyl groups excluding tert-OH is 2. The summed E-state index contributed by atoms with van der Waals surface area (Å²) in [6.45, 7) is 8.81. The smallest absolute Gasteiger partial charge is 0.408 e. The summed E-state index contributed by atoms with van der Waals surface area (Å²) in [5.41, 5.74) is -0.808. The number of aliphatic carboxylic acids is 1. The summed E-state index contributed by atoms with van der Waals surface area (Å²) >= 11 is 0. The molecule has 1 fully saturated rings. The molecule has 186 valence electrons. The van der Waals surface area contributed by atoms with Crippen molar-refractivity contribution in [1.29, 1.82) is 0 Å². The van der Waals surface area contributed by atoms with Crippen LogP contribution in [0.25, 0.3) is 0 Å². The molecule has 4 atom stereocenters. The number of carbonyl (C=O) groups excluding carboxylic acids is 2. The summed E-state index contributed by atoms with van der Waals surface area (Å²) in [7, 11) is 0. The third kappa shape index (κ3) is 11.1. The van der Waals surface area contributed by atoms with Crippen LogP contribution in [-0.2, 0) is 14.3 Å². The van der Waals surface area contributed by atoms with Gasteiger partial charge in [0.25, 0.3) is 0 Å². The van der Waals surface area contributed by atoms with Gasteiger partial charge in [-0.25, -0.2) is 9.59 Å². The highest BCUT2D eigenvalue weighted by Gasteiger charge is 2.33. The number of rotatable bonds is 11. The lowest BCUT2D eigenvalue weighted by Gasteiger charge is -2.33. The van der Waals surface area contributed by atoms with Gasteiger partial charge in [-0.15, -0.1) is 0 Å². The molecule has 1 aliphatic carbocycles. The molecule has 1 rings (SSSR count). The molecule has 0 aromatic rings. The van der Waals surface area contributed by atoms with Crippen LogP contribution in [0.15, 0.2) is 0 Å². The molecule has 0 aromatic heterocycles. The minimum absolute atomic E-state index is 0.167. The van der Waals surface area contributed by atoms with Crippen LogP contribution >= 0.6 is 0 Å². The first kappa shape index (κ1) is 28.2. The second kappa shape index (κ2) is 13.0. The zero-order valence-electron chi connectivity index (χ0n) is 20.1. The number of nitrogens with one attached hydrogen (secondary N) is 2. The van der Waals surface area contributed by atoms with Crippen molar-refractivity contribution in [3.63, 3.8) is 0 Å². The maximum atomic E-state index is 12.7. The van der Waals surface area contributed by atoms with Crippen LogP contribution in [0.3, 0.4) is 0 Å². The molecule has 2 amide bonds. The third-order valence-corrected chi connectivity index (χ3v) is 5.56. The van der Waals surface area contributed by atoms with Crippen molar-refractivity contribution in [2.24, 2.45) is 11.8 Å². The van der Waals surface area contributed by atoms with Gasteiger partial charge in [-0.2, -0.15) is 0 Å². The number of carboxylic acid groups (broad SMARTS) is 1. The second-order valence-electron chi connectivity index (χ2n) is 10.3. The molecule has 0 radical (unpaired) electrons. The Balaban J connectivity index is 2.82. The summed E-state index contributed by atoms with van der Waals surface area (Å²) in [6.07, 6.45) is 2.65. The Labute approximate surface area is 191 Å². The largest absolute Gasteiger partial charge is 0.480 e. The molecule has 0 spiro atoms. The molecule has 0 bridgehead atoms. The molecule has 9 heteroatoms. The first-order valence-corrected chi connectivity index (χ1v) is 11.7. The van der Waals surface area contributed by atoms with Crippen LogP contribution in [0.1, 0.15) is 86.0 Å². The third-order valence-electron chi connectivity index (χ3n) is 5.56. The lowest BCUT2D eigenvalue weighted by atomic mass is 9.82. The molecular formula is C23H42N2O7. The van der Waals surface area contributed by atoms with Gasteiger partial charge >= 0.3 is 12.1 Å². The molecule has 0 aliphatic heterocycles. The SMILES string of the molecule is CC(C)CC(O)C(O)C(CC1CCCCC1)NC(=O)CC(NC(=O)OC(C)(C)C)C(=O)O. The van der Waals surface area contributed by atoms with E-state index in [9.17, 15) is 29.7 Å². The Kier molecular flexibility index (Phi) is 11.4. The monoisotopic (exact) mass is 458 g/mol. The Morgan fingerprint density at radius 3 is 2.12 bits per heavy atom. The van der Waals surface area contributed by atoms with Gasteiger partial charge in [0.2, 0.25) is 5.91 Å². The van der Waals surface area contributed by atoms with Gasteiger partial charge in [-0.1, -0.05) is 46.0 Å². The van der Waals surface area contributed by atoms with Gasteiger partial charge in [0.1, 0.15) is 17.7 Å². The van der Waals surface area contributed by atoms with E-state index >= 15 is 0 Å². The number of amides is 2. The van der Waals surface area contributed by atoms with E-state index in [1.807, 2.05) is 13.8 Å². The first-order chi connectivity index (χ1) is 14.8. The van der Waals surface area contributed by atoms with Crippen molar-refractivity contribution in [2.45, 2.75) is 116 Å². The number of carboxylic acids is 1. The van der Waals surface area contributed by atoms with Crippen LogP contribution in [0.5, 0.6) is 0 Å². The minimum atomic E-state index is -1.47. The molecule has 5 N–H and O–H groups in total. The van der Waals surface area contributed by atoms with Crippen molar-refractivity contribution >= 4 is 18.0 Å². The van der Waals surface area contributed by atoms with E-state index < -0.39 is 54.3 Å². The summed E-state index contributed by atoms with van der Waals surface area (Å²) < 4.78 is 5.07. The van der Waals surface area contributed by atoms with Crippen LogP contribution in [-0.4, -0.2) is 63.2 Å². The van der Waals surface area contributed by atoms with Gasteiger partial charge < -0.3 is 30.7 Å². The fourth-order valence-electron chi connectivity index (χ4n) is 4.06. The standard InChI is InChI=1S/C23H42N2O7/c1-14(2)11-18(26)20(28)16(12-15-9-7-6-8-10-15)24-19(27)13-17(21(29)30)25-22(31)32-23(3,4)5/h14-18,20,26,28H,6-13H2,1-5H3,(H,24,27)(H,25,31)(H,29,30). The summed E-state index contributed by atoms with van der Waals surface area (Å²) in [6, 6.07) is -2.17. The van der Waals surface area contributed by atoms with E-state index in [1.54, 1.807) is 20.8 Å². The number of ether oxygens (including phenoxy) is 1. The van der Waals surface area contributed by atoms with Gasteiger partial charge in [0.05, 0.1) is 18.6 Å². The van der Waals surface area contributed by atoms with E-state index in [-0.39, 0.29) is 5.92 Å². The number of hydrogen-bond donors (Lipinski definition) is 5. The summed E-state index contributed by atoms with van der Waals surface area (Å²) in [5, 5.41) is 35.5. The Hall–Kier alpha value is -1.87. The van der Waals surface area contributed by atoms with Gasteiger partial charge in [-0.05, 0) is 45.4 Å². The fourth-order valence-corrected chi connectivity index (χ4v) is 4.06. The lowest BCUT2D eigenvalue weighted by Crippen LogP contribution is -2.52. The highest BCUT2D eigenvalue weighted by Crippen LogP contribution is 2.29. The van der Waals surface area contributed by atoms with E-state index in [2.05, 4.69) is 10.6 Å². The van der Waals surface area contributed by atoms with Gasteiger partial charge in [0, 0.05) is 0 Å². The molecule has 0 saturated heterocycles. The number of alkyl carbamates (subject to hydrolysis) is 1. The van der Waals surface area contributed by atoms with Crippen LogP contribution in [0.4, 0.5) is 4.79 Å². The molecular weight excluding hydrogens is 416 g/mol. The average molecular weight is 459 g/mol. The first-order valence-electron chi connectivity index (χ1n) is 11.7. The zero-order chi connectivity index (χ0) is 24.5. The highest BCUT2D eigenvalue weighted by molar-refractivity contribution is 5.87. The predicted octanol–water partition coefficient (Wildman–Crippen LogP) is 2.58. The van der Waals surface area contributed by atoms with Crippen LogP contribution in [0.2, 0.25) is 0 Å². The second-order valence-corrected chi connectivity index (χ2v) is 10.3. The molecule has 0 aromatic carbocycles. The van der Waals surface area contributed by atoms with Crippen molar-refractivity contribution in [1.82, 2.24) is 10.6 Å². The number of carbonyl (C=O) groups is 3. The molecule has 0 heterocycles. The topological polar surface area (TPSA) is 145 Å². The van der Waals surface area contributed by atoms with Gasteiger partial charge in [-0.3, -0.25) is 4.79 Å². The molecule has 1 saturated carbocycles. The molecule has 4 unspecified atom stereocenters. The molecule has 1 aliphatic rings. The van der Waals surface area contributed by atoms with Gasteiger partial charge in [0.15, 0.2) is 0 Å². The van der Waals surface area contributed by atoms with Crippen molar-refractivity contribution in [3.05, 3.63) is 0 Å². The van der Waals surface area contributed by atoms with E-state index in [0.29, 0.717) is 18.8 Å². The van der Waals surface area contributed by atoms with E-state index in [4.69, 9.17) is 4.74 Å². The van der Waals surface area contributed by atoms with Crippen LogP contribution < -0.4 is 10.6 Å². The molecule has 32 heavy (non-hydrogen) atoms. The minimum Gasteiger partial charge on any atom is -0.480 e. The summed E-state index contributed by atoms with van der Waals surface area (Å²) in [5.74, 6) is -1.49. The van der Waals surface area contributed by atoms with E-state index in [0.717, 1.165) is 25.7 Å². The molecule has 9 nitrogen and oxygen atoms in total. The summed E-state index contributed by atoms with van der Waals surface area (Å²) in [4.78, 5) is 36.2.